The molecule has 0 saturated heterocycles. The number of imidazole rings is 1. The Balaban J connectivity index is 1.82. The van der Waals surface area contributed by atoms with Gasteiger partial charge in [-0.1, -0.05) is 12.1 Å². The summed E-state index contributed by atoms with van der Waals surface area (Å²) in [4.78, 5) is 16.8. The molecular formula is C19H18N2O4. The van der Waals surface area contributed by atoms with Crippen LogP contribution >= 0.6 is 0 Å². The smallest absolute Gasteiger partial charge is 0.326 e. The van der Waals surface area contributed by atoms with Crippen LogP contribution in [-0.4, -0.2) is 35.3 Å². The zero-order valence-electron chi connectivity index (χ0n) is 13.9. The lowest BCUT2D eigenvalue weighted by atomic mass is 10.2. The number of rotatable bonds is 4. The van der Waals surface area contributed by atoms with Gasteiger partial charge in [-0.15, -0.1) is 0 Å². The molecule has 4 rings (SSSR count). The Morgan fingerprint density at radius 2 is 1.96 bits per heavy atom. The number of carbonyl (C=O) groups is 1. The van der Waals surface area contributed by atoms with Gasteiger partial charge in [-0.3, -0.25) is 4.79 Å². The van der Waals surface area contributed by atoms with Gasteiger partial charge in [0.25, 0.3) is 0 Å². The van der Waals surface area contributed by atoms with Crippen LogP contribution < -0.4 is 9.47 Å². The van der Waals surface area contributed by atoms with E-state index in [1.54, 1.807) is 6.92 Å². The van der Waals surface area contributed by atoms with Crippen LogP contribution in [0.1, 0.15) is 6.92 Å². The maximum absolute atomic E-state index is 12.1. The Bertz CT molecular complexity index is 932. The Hall–Kier alpha value is -3.02. The summed E-state index contributed by atoms with van der Waals surface area (Å²) in [5.41, 5.74) is 2.59. The zero-order valence-corrected chi connectivity index (χ0v) is 13.9. The molecule has 0 atom stereocenters. The van der Waals surface area contributed by atoms with Crippen LogP contribution in [-0.2, 0) is 16.1 Å². The first-order valence-electron chi connectivity index (χ1n) is 8.27. The highest BCUT2D eigenvalue weighted by molar-refractivity contribution is 5.83. The molecule has 0 fully saturated rings. The SMILES string of the molecule is CCOC(=O)Cn1c(-c2ccc3c(c2)OCCO3)nc2ccccc21. The molecule has 0 spiro atoms. The molecule has 128 valence electrons. The molecule has 0 radical (unpaired) electrons. The molecule has 2 heterocycles. The predicted octanol–water partition coefficient (Wildman–Crippen LogP) is 3.04. The number of nitrogens with zero attached hydrogens (tertiary/aromatic N) is 2. The van der Waals surface area contributed by atoms with Crippen molar-refractivity contribution in [2.75, 3.05) is 19.8 Å². The summed E-state index contributed by atoms with van der Waals surface area (Å²) < 4.78 is 18.2. The summed E-state index contributed by atoms with van der Waals surface area (Å²) >= 11 is 0. The third-order valence-electron chi connectivity index (χ3n) is 4.05. The molecule has 6 nitrogen and oxygen atoms in total. The van der Waals surface area contributed by atoms with Gasteiger partial charge in [0.2, 0.25) is 0 Å². The molecule has 1 aliphatic rings. The molecule has 3 aromatic rings. The number of esters is 1. The largest absolute Gasteiger partial charge is 0.486 e. The normalized spacial score (nSPS) is 13.0. The van der Waals surface area contributed by atoms with Crippen LogP contribution in [0, 0.1) is 0 Å². The molecule has 2 aromatic carbocycles. The van der Waals surface area contributed by atoms with E-state index in [2.05, 4.69) is 0 Å². The van der Waals surface area contributed by atoms with Crippen molar-refractivity contribution in [1.29, 1.82) is 0 Å². The number of ether oxygens (including phenoxy) is 3. The highest BCUT2D eigenvalue weighted by atomic mass is 16.6. The van der Waals surface area contributed by atoms with E-state index in [1.165, 1.54) is 0 Å². The van der Waals surface area contributed by atoms with Gasteiger partial charge in [-0.05, 0) is 37.3 Å². The monoisotopic (exact) mass is 338 g/mol. The molecule has 0 N–H and O–H groups in total. The second-order valence-electron chi connectivity index (χ2n) is 5.67. The number of benzene rings is 2. The highest BCUT2D eigenvalue weighted by Crippen LogP contribution is 2.35. The van der Waals surface area contributed by atoms with Crippen LogP contribution in [0.25, 0.3) is 22.4 Å². The van der Waals surface area contributed by atoms with Crippen molar-refractivity contribution in [2.45, 2.75) is 13.5 Å². The first kappa shape index (κ1) is 15.5. The highest BCUT2D eigenvalue weighted by Gasteiger charge is 2.18. The third kappa shape index (κ3) is 2.91. The van der Waals surface area contributed by atoms with E-state index in [0.717, 1.165) is 22.3 Å². The minimum Gasteiger partial charge on any atom is -0.486 e. The molecule has 6 heteroatoms. The topological polar surface area (TPSA) is 62.6 Å². The minimum absolute atomic E-state index is 0.109. The quantitative estimate of drug-likeness (QED) is 0.684. The van der Waals surface area contributed by atoms with Crippen molar-refractivity contribution in [1.82, 2.24) is 9.55 Å². The molecule has 0 unspecified atom stereocenters. The van der Waals surface area contributed by atoms with Crippen LogP contribution in [0.5, 0.6) is 11.5 Å². The fraction of sp³-hybridized carbons (Fsp3) is 0.263. The average molecular weight is 338 g/mol. The predicted molar refractivity (Wildman–Crippen MR) is 92.8 cm³/mol. The van der Waals surface area contributed by atoms with Gasteiger partial charge < -0.3 is 18.8 Å². The van der Waals surface area contributed by atoms with Crippen molar-refractivity contribution in [3.05, 3.63) is 42.5 Å². The van der Waals surface area contributed by atoms with Crippen molar-refractivity contribution in [2.24, 2.45) is 0 Å². The fourth-order valence-corrected chi connectivity index (χ4v) is 2.97. The number of hydrogen-bond donors (Lipinski definition) is 0. The summed E-state index contributed by atoms with van der Waals surface area (Å²) in [6, 6.07) is 13.4. The number of aromatic nitrogens is 2. The van der Waals surface area contributed by atoms with Gasteiger partial charge in [-0.25, -0.2) is 4.98 Å². The summed E-state index contributed by atoms with van der Waals surface area (Å²) in [6.07, 6.45) is 0. The van der Waals surface area contributed by atoms with Crippen LogP contribution in [0.2, 0.25) is 0 Å². The molecule has 0 aliphatic carbocycles. The van der Waals surface area contributed by atoms with E-state index < -0.39 is 0 Å². The zero-order chi connectivity index (χ0) is 17.2. The molecule has 1 aromatic heterocycles. The van der Waals surface area contributed by atoms with Gasteiger partial charge in [0.1, 0.15) is 25.6 Å². The number of fused-ring (bicyclic) bond motifs is 2. The molecule has 0 amide bonds. The van der Waals surface area contributed by atoms with Gasteiger partial charge in [-0.2, -0.15) is 0 Å². The Morgan fingerprint density at radius 3 is 2.80 bits per heavy atom. The van der Waals surface area contributed by atoms with Gasteiger partial charge >= 0.3 is 5.97 Å². The van der Waals surface area contributed by atoms with Gasteiger partial charge in [0.05, 0.1) is 17.6 Å². The van der Waals surface area contributed by atoms with Crippen LogP contribution in [0.3, 0.4) is 0 Å². The minimum atomic E-state index is -0.288. The maximum Gasteiger partial charge on any atom is 0.326 e. The summed E-state index contributed by atoms with van der Waals surface area (Å²) in [5.74, 6) is 1.83. The lowest BCUT2D eigenvalue weighted by molar-refractivity contribution is -0.143. The number of hydrogen-bond acceptors (Lipinski definition) is 5. The number of carbonyl (C=O) groups excluding carboxylic acids is 1. The van der Waals surface area contributed by atoms with E-state index in [9.17, 15) is 4.79 Å². The van der Waals surface area contributed by atoms with E-state index in [0.29, 0.717) is 31.4 Å². The molecule has 1 aliphatic heterocycles. The molecule has 0 bridgehead atoms. The third-order valence-corrected chi connectivity index (χ3v) is 4.05. The second kappa shape index (κ2) is 6.47. The van der Waals surface area contributed by atoms with Crippen molar-refractivity contribution in [3.8, 4) is 22.9 Å². The Labute approximate surface area is 144 Å². The summed E-state index contributed by atoms with van der Waals surface area (Å²) in [7, 11) is 0. The van der Waals surface area contributed by atoms with Crippen molar-refractivity contribution in [3.63, 3.8) is 0 Å². The van der Waals surface area contributed by atoms with E-state index in [4.69, 9.17) is 19.2 Å². The maximum atomic E-state index is 12.1. The average Bonchev–Trinajstić information content (AvgIpc) is 3.00. The molecule has 0 saturated carbocycles. The Kier molecular flexibility index (Phi) is 4.01. The first-order valence-corrected chi connectivity index (χ1v) is 8.27. The second-order valence-corrected chi connectivity index (χ2v) is 5.67. The summed E-state index contributed by atoms with van der Waals surface area (Å²) in [6.45, 7) is 3.33. The van der Waals surface area contributed by atoms with Crippen LogP contribution in [0.4, 0.5) is 0 Å². The standard InChI is InChI=1S/C19H18N2O4/c1-2-23-18(22)12-21-15-6-4-3-5-14(15)20-19(21)13-7-8-16-17(11-13)25-10-9-24-16/h3-8,11H,2,9-10,12H2,1H3. The fourth-order valence-electron chi connectivity index (χ4n) is 2.97. The lowest BCUT2D eigenvalue weighted by Crippen LogP contribution is -2.16. The van der Waals surface area contributed by atoms with E-state index >= 15 is 0 Å². The van der Waals surface area contributed by atoms with Crippen molar-refractivity contribution < 1.29 is 19.0 Å². The van der Waals surface area contributed by atoms with E-state index in [-0.39, 0.29) is 12.5 Å². The van der Waals surface area contributed by atoms with Crippen molar-refractivity contribution >= 4 is 17.0 Å². The van der Waals surface area contributed by atoms with E-state index in [1.807, 2.05) is 47.0 Å². The lowest BCUT2D eigenvalue weighted by Gasteiger charge is -2.19. The Morgan fingerprint density at radius 1 is 1.16 bits per heavy atom. The number of para-hydroxylation sites is 2. The van der Waals surface area contributed by atoms with Crippen LogP contribution in [0.15, 0.2) is 42.5 Å². The molecule has 25 heavy (non-hydrogen) atoms. The summed E-state index contributed by atoms with van der Waals surface area (Å²) in [5, 5.41) is 0. The van der Waals surface area contributed by atoms with Gasteiger partial charge in [0, 0.05) is 5.56 Å². The van der Waals surface area contributed by atoms with Gasteiger partial charge in [0.15, 0.2) is 11.5 Å². The first-order chi connectivity index (χ1) is 12.3. The molecular weight excluding hydrogens is 320 g/mol.